The molecule has 1 aliphatic heterocycles. The van der Waals surface area contributed by atoms with Crippen LogP contribution in [0.1, 0.15) is 12.6 Å². The number of aliphatic hydroxyl groups excluding tert-OH is 2. The lowest BCUT2D eigenvalue weighted by atomic mass is 9.98. The number of ether oxygens (including phenoxy) is 1. The molecule has 8 nitrogen and oxygen atoms in total. The van der Waals surface area contributed by atoms with Crippen molar-refractivity contribution in [2.75, 3.05) is 12.3 Å². The number of aliphatic hydroxyl groups is 2. The molecule has 3 rings (SSSR count). The molecule has 2 aromatic heterocycles. The lowest BCUT2D eigenvalue weighted by Gasteiger charge is -2.26. The standard InChI is InChI=1S/C12H14FN5O3/c1-2-12(4-19)6(20)3-7(21-12)18-5-15-8-9(14)16-11(13)17-10(8)18/h2,5-7,19-20H,1,3-4H2,(H2,14,16,17)/t6?,7?,12-/m1/s1. The van der Waals surface area contributed by atoms with Crippen LogP contribution in [-0.4, -0.2) is 48.0 Å². The van der Waals surface area contributed by atoms with Gasteiger partial charge >= 0.3 is 6.08 Å². The molecule has 0 saturated carbocycles. The van der Waals surface area contributed by atoms with E-state index in [0.717, 1.165) is 0 Å². The average Bonchev–Trinajstić information content (AvgIpc) is 3.00. The molecule has 0 bridgehead atoms. The Kier molecular flexibility index (Phi) is 3.12. The molecule has 0 radical (unpaired) electrons. The van der Waals surface area contributed by atoms with E-state index in [4.69, 9.17) is 10.5 Å². The number of hydrogen-bond acceptors (Lipinski definition) is 7. The zero-order chi connectivity index (χ0) is 15.2. The highest BCUT2D eigenvalue weighted by molar-refractivity contribution is 5.81. The quantitative estimate of drug-likeness (QED) is 0.527. The monoisotopic (exact) mass is 295 g/mol. The zero-order valence-corrected chi connectivity index (χ0v) is 11.0. The number of rotatable bonds is 3. The second-order valence-electron chi connectivity index (χ2n) is 4.84. The molecule has 0 aromatic carbocycles. The molecule has 0 aliphatic carbocycles. The van der Waals surface area contributed by atoms with Crippen molar-refractivity contribution in [3.05, 3.63) is 25.1 Å². The Morgan fingerprint density at radius 3 is 3.00 bits per heavy atom. The molecule has 0 amide bonds. The van der Waals surface area contributed by atoms with Crippen molar-refractivity contribution in [3.8, 4) is 0 Å². The third-order valence-electron chi connectivity index (χ3n) is 3.67. The van der Waals surface area contributed by atoms with Crippen molar-refractivity contribution < 1.29 is 19.3 Å². The minimum Gasteiger partial charge on any atom is -0.393 e. The second kappa shape index (κ2) is 4.72. The van der Waals surface area contributed by atoms with Gasteiger partial charge in [-0.1, -0.05) is 6.08 Å². The molecule has 9 heteroatoms. The van der Waals surface area contributed by atoms with E-state index < -0.39 is 30.6 Å². The number of anilines is 1. The van der Waals surface area contributed by atoms with Crippen LogP contribution >= 0.6 is 0 Å². The van der Waals surface area contributed by atoms with Crippen LogP contribution in [0.3, 0.4) is 0 Å². The van der Waals surface area contributed by atoms with Crippen LogP contribution in [0.4, 0.5) is 10.2 Å². The van der Waals surface area contributed by atoms with Crippen molar-refractivity contribution in [1.29, 1.82) is 0 Å². The van der Waals surface area contributed by atoms with Gasteiger partial charge in [0.15, 0.2) is 17.0 Å². The van der Waals surface area contributed by atoms with Crippen LogP contribution in [0.25, 0.3) is 11.2 Å². The zero-order valence-electron chi connectivity index (χ0n) is 11.0. The predicted molar refractivity (Wildman–Crippen MR) is 70.5 cm³/mol. The SMILES string of the molecule is C=C[C@]1(CO)OC(n2cnc3c(N)nc(F)nc32)CC1O. The second-order valence-corrected chi connectivity index (χ2v) is 4.84. The fraction of sp³-hybridized carbons (Fsp3) is 0.417. The molecule has 1 aliphatic rings. The van der Waals surface area contributed by atoms with Gasteiger partial charge in [0.2, 0.25) is 0 Å². The van der Waals surface area contributed by atoms with E-state index >= 15 is 0 Å². The Hall–Kier alpha value is -2.10. The maximum Gasteiger partial charge on any atom is 0.312 e. The van der Waals surface area contributed by atoms with Crippen molar-refractivity contribution >= 4 is 17.0 Å². The van der Waals surface area contributed by atoms with E-state index in [1.807, 2.05) is 0 Å². The summed E-state index contributed by atoms with van der Waals surface area (Å²) in [6.45, 7) is 3.14. The highest BCUT2D eigenvalue weighted by Crippen LogP contribution is 2.38. The Balaban J connectivity index is 2.05. The smallest absolute Gasteiger partial charge is 0.312 e. The summed E-state index contributed by atoms with van der Waals surface area (Å²) in [6, 6.07) is 0. The molecule has 21 heavy (non-hydrogen) atoms. The van der Waals surface area contributed by atoms with Crippen molar-refractivity contribution in [2.24, 2.45) is 0 Å². The first-order valence-corrected chi connectivity index (χ1v) is 6.26. The van der Waals surface area contributed by atoms with E-state index in [-0.39, 0.29) is 23.4 Å². The largest absolute Gasteiger partial charge is 0.393 e. The summed E-state index contributed by atoms with van der Waals surface area (Å²) in [4.78, 5) is 11.1. The summed E-state index contributed by atoms with van der Waals surface area (Å²) >= 11 is 0. The van der Waals surface area contributed by atoms with E-state index in [2.05, 4.69) is 21.5 Å². The summed E-state index contributed by atoms with van der Waals surface area (Å²) in [5.41, 5.74) is 4.73. The number of nitrogens with two attached hydrogens (primary N) is 1. The molecule has 3 atom stereocenters. The summed E-state index contributed by atoms with van der Waals surface area (Å²) in [6.07, 6.45) is 0.292. The van der Waals surface area contributed by atoms with E-state index in [0.29, 0.717) is 0 Å². The van der Waals surface area contributed by atoms with Gasteiger partial charge in [0.25, 0.3) is 0 Å². The van der Waals surface area contributed by atoms with Crippen LogP contribution in [0.2, 0.25) is 0 Å². The average molecular weight is 295 g/mol. The number of aromatic nitrogens is 4. The third kappa shape index (κ3) is 1.97. The Morgan fingerprint density at radius 1 is 1.62 bits per heavy atom. The van der Waals surface area contributed by atoms with Gasteiger partial charge in [-0.25, -0.2) is 4.98 Å². The van der Waals surface area contributed by atoms with Crippen LogP contribution < -0.4 is 5.73 Å². The first-order valence-electron chi connectivity index (χ1n) is 6.26. The first-order chi connectivity index (χ1) is 10.0. The van der Waals surface area contributed by atoms with Gasteiger partial charge in [-0.05, 0) is 0 Å². The first kappa shape index (κ1) is 13.9. The number of halogens is 1. The molecule has 2 unspecified atom stereocenters. The lowest BCUT2D eigenvalue weighted by Crippen LogP contribution is -2.40. The number of nitrogens with zero attached hydrogens (tertiary/aromatic N) is 4. The summed E-state index contributed by atoms with van der Waals surface area (Å²) in [7, 11) is 0. The fourth-order valence-corrected chi connectivity index (χ4v) is 2.45. The fourth-order valence-electron chi connectivity index (χ4n) is 2.45. The summed E-state index contributed by atoms with van der Waals surface area (Å²) in [5, 5.41) is 19.5. The van der Waals surface area contributed by atoms with Crippen LogP contribution in [-0.2, 0) is 4.74 Å². The Bertz CT molecular complexity index is 706. The van der Waals surface area contributed by atoms with Crippen LogP contribution in [0.15, 0.2) is 19.0 Å². The molecule has 3 heterocycles. The van der Waals surface area contributed by atoms with Crippen LogP contribution in [0, 0.1) is 6.08 Å². The van der Waals surface area contributed by atoms with Gasteiger partial charge in [0.1, 0.15) is 11.8 Å². The highest BCUT2D eigenvalue weighted by Gasteiger charge is 2.46. The van der Waals surface area contributed by atoms with E-state index in [1.165, 1.54) is 17.0 Å². The molecule has 1 fully saturated rings. The molecular weight excluding hydrogens is 281 g/mol. The summed E-state index contributed by atoms with van der Waals surface area (Å²) < 4.78 is 20.4. The third-order valence-corrected chi connectivity index (χ3v) is 3.67. The molecule has 2 aromatic rings. The van der Waals surface area contributed by atoms with Gasteiger partial charge in [0, 0.05) is 6.42 Å². The molecule has 4 N–H and O–H groups in total. The van der Waals surface area contributed by atoms with E-state index in [9.17, 15) is 14.6 Å². The summed E-state index contributed by atoms with van der Waals surface area (Å²) in [5.74, 6) is -0.0769. The Labute approximate surface area is 118 Å². The number of nitrogen functional groups attached to an aromatic ring is 1. The normalized spacial score (nSPS) is 29.1. The van der Waals surface area contributed by atoms with Crippen molar-refractivity contribution in [1.82, 2.24) is 19.5 Å². The van der Waals surface area contributed by atoms with E-state index in [1.54, 1.807) is 0 Å². The minimum atomic E-state index is -1.27. The molecule has 1 saturated heterocycles. The topological polar surface area (TPSA) is 119 Å². The van der Waals surface area contributed by atoms with Gasteiger partial charge in [-0.2, -0.15) is 14.4 Å². The minimum absolute atomic E-state index is 0.0769. The van der Waals surface area contributed by atoms with Crippen molar-refractivity contribution in [3.63, 3.8) is 0 Å². The van der Waals surface area contributed by atoms with Gasteiger partial charge in [0.05, 0.1) is 19.0 Å². The van der Waals surface area contributed by atoms with Crippen molar-refractivity contribution in [2.45, 2.75) is 24.4 Å². The lowest BCUT2D eigenvalue weighted by molar-refractivity contribution is -0.0953. The number of imidazole rings is 1. The number of fused-ring (bicyclic) bond motifs is 1. The van der Waals surface area contributed by atoms with Gasteiger partial charge in [-0.15, -0.1) is 6.58 Å². The highest BCUT2D eigenvalue weighted by atomic mass is 19.1. The van der Waals surface area contributed by atoms with Crippen LogP contribution in [0.5, 0.6) is 0 Å². The molecular formula is C12H14FN5O3. The molecule has 0 spiro atoms. The maximum absolute atomic E-state index is 13.3. The predicted octanol–water partition coefficient (Wildman–Crippen LogP) is -0.255. The van der Waals surface area contributed by atoms with Gasteiger partial charge < -0.3 is 20.7 Å². The molecule has 112 valence electrons. The Morgan fingerprint density at radius 2 is 2.38 bits per heavy atom. The van der Waals surface area contributed by atoms with Gasteiger partial charge in [-0.3, -0.25) is 4.57 Å². The number of hydrogen-bond donors (Lipinski definition) is 3. The maximum atomic E-state index is 13.3.